The lowest BCUT2D eigenvalue weighted by atomic mass is 10.3. The minimum absolute atomic E-state index is 0.0123. The highest BCUT2D eigenvalue weighted by Crippen LogP contribution is 2.24. The fourth-order valence-electron chi connectivity index (χ4n) is 1.33. The Labute approximate surface area is 112 Å². The Morgan fingerprint density at radius 2 is 2.05 bits per heavy atom. The number of para-hydroxylation sites is 1. The molecule has 0 atom stereocenters. The zero-order valence-corrected chi connectivity index (χ0v) is 10.3. The van der Waals surface area contributed by atoms with Gasteiger partial charge in [0, 0.05) is 0 Å². The highest BCUT2D eigenvalue weighted by Gasteiger charge is 2.13. The topological polar surface area (TPSA) is 92.9 Å². The lowest BCUT2D eigenvalue weighted by Gasteiger charge is -2.07. The molecule has 0 unspecified atom stereocenters. The van der Waals surface area contributed by atoms with Crippen molar-refractivity contribution in [3.63, 3.8) is 0 Å². The summed E-state index contributed by atoms with van der Waals surface area (Å²) in [5.41, 5.74) is 2.19. The number of carbonyl (C=O) groups is 1. The SMILES string of the molecule is NNc1ccc(C(=O)Nc2c(F)cccc2Cl)nn1. The highest BCUT2D eigenvalue weighted by molar-refractivity contribution is 6.33. The van der Waals surface area contributed by atoms with E-state index in [-0.39, 0.29) is 16.4 Å². The molecule has 0 spiro atoms. The van der Waals surface area contributed by atoms with Gasteiger partial charge < -0.3 is 10.7 Å². The van der Waals surface area contributed by atoms with Crippen molar-refractivity contribution in [1.82, 2.24) is 10.2 Å². The van der Waals surface area contributed by atoms with Crippen LogP contribution in [0.3, 0.4) is 0 Å². The third kappa shape index (κ3) is 2.95. The van der Waals surface area contributed by atoms with Gasteiger partial charge in [0.15, 0.2) is 11.5 Å². The van der Waals surface area contributed by atoms with Gasteiger partial charge >= 0.3 is 0 Å². The molecule has 6 nitrogen and oxygen atoms in total. The average Bonchev–Trinajstić information content (AvgIpc) is 2.43. The van der Waals surface area contributed by atoms with Crippen LogP contribution in [0.5, 0.6) is 0 Å². The van der Waals surface area contributed by atoms with Gasteiger partial charge in [-0.15, -0.1) is 10.2 Å². The molecule has 4 N–H and O–H groups in total. The van der Waals surface area contributed by atoms with Crippen molar-refractivity contribution in [3.05, 3.63) is 46.9 Å². The van der Waals surface area contributed by atoms with E-state index in [0.717, 1.165) is 0 Å². The van der Waals surface area contributed by atoms with Gasteiger partial charge in [0.05, 0.1) is 10.7 Å². The summed E-state index contributed by atoms with van der Waals surface area (Å²) in [7, 11) is 0. The van der Waals surface area contributed by atoms with E-state index in [0.29, 0.717) is 5.82 Å². The number of nitrogens with one attached hydrogen (secondary N) is 2. The third-order valence-electron chi connectivity index (χ3n) is 2.25. The quantitative estimate of drug-likeness (QED) is 0.589. The summed E-state index contributed by atoms with van der Waals surface area (Å²) in [5.74, 6) is 4.17. The molecule has 1 amide bonds. The summed E-state index contributed by atoms with van der Waals surface area (Å²) in [6, 6.07) is 6.95. The zero-order valence-electron chi connectivity index (χ0n) is 9.52. The molecule has 0 aliphatic heterocycles. The zero-order chi connectivity index (χ0) is 13.8. The summed E-state index contributed by atoms with van der Waals surface area (Å²) in [6.45, 7) is 0. The Morgan fingerprint density at radius 3 is 2.63 bits per heavy atom. The molecule has 1 heterocycles. The van der Waals surface area contributed by atoms with Gasteiger partial charge in [-0.3, -0.25) is 4.79 Å². The Balaban J connectivity index is 2.20. The number of carbonyl (C=O) groups excluding carboxylic acids is 1. The minimum atomic E-state index is -0.631. The summed E-state index contributed by atoms with van der Waals surface area (Å²) >= 11 is 5.79. The molecular formula is C11H9ClFN5O. The standard InChI is InChI=1S/C11H9ClFN5O/c12-6-2-1-3-7(13)10(6)15-11(19)8-4-5-9(16-14)18-17-8/h1-5H,14H2,(H,15,19)(H,16,18). The van der Waals surface area contributed by atoms with E-state index in [2.05, 4.69) is 20.9 Å². The van der Waals surface area contributed by atoms with Crippen LogP contribution in [0.2, 0.25) is 5.02 Å². The predicted octanol–water partition coefficient (Wildman–Crippen LogP) is 1.81. The number of aromatic nitrogens is 2. The minimum Gasteiger partial charge on any atom is -0.317 e. The van der Waals surface area contributed by atoms with Crippen molar-refractivity contribution in [2.75, 3.05) is 10.7 Å². The number of nitrogens with two attached hydrogens (primary N) is 1. The molecule has 0 bridgehead atoms. The van der Waals surface area contributed by atoms with Crippen LogP contribution in [0.1, 0.15) is 10.5 Å². The van der Waals surface area contributed by atoms with E-state index < -0.39 is 11.7 Å². The number of hydrogen-bond donors (Lipinski definition) is 3. The molecule has 98 valence electrons. The summed E-state index contributed by atoms with van der Waals surface area (Å²) in [5, 5.41) is 9.70. The van der Waals surface area contributed by atoms with Gasteiger partial charge in [-0.05, 0) is 24.3 Å². The molecule has 0 radical (unpaired) electrons. The first kappa shape index (κ1) is 13.2. The Hall–Kier alpha value is -2.25. The smallest absolute Gasteiger partial charge is 0.276 e. The number of anilines is 2. The number of hydrogen-bond acceptors (Lipinski definition) is 5. The van der Waals surface area contributed by atoms with Crippen LogP contribution in [-0.2, 0) is 0 Å². The lowest BCUT2D eigenvalue weighted by Crippen LogP contribution is -2.17. The second-order valence-electron chi connectivity index (χ2n) is 3.50. The highest BCUT2D eigenvalue weighted by atomic mass is 35.5. The van der Waals surface area contributed by atoms with E-state index in [9.17, 15) is 9.18 Å². The van der Waals surface area contributed by atoms with Gasteiger partial charge in [0.2, 0.25) is 0 Å². The van der Waals surface area contributed by atoms with Gasteiger partial charge in [0.1, 0.15) is 5.82 Å². The second-order valence-corrected chi connectivity index (χ2v) is 3.91. The molecule has 1 aromatic heterocycles. The van der Waals surface area contributed by atoms with E-state index in [4.69, 9.17) is 17.4 Å². The first-order valence-electron chi connectivity index (χ1n) is 5.17. The second kappa shape index (κ2) is 5.59. The van der Waals surface area contributed by atoms with E-state index in [1.807, 2.05) is 0 Å². The Morgan fingerprint density at radius 1 is 1.26 bits per heavy atom. The van der Waals surface area contributed by atoms with Crippen LogP contribution in [0.25, 0.3) is 0 Å². The molecule has 1 aromatic carbocycles. The monoisotopic (exact) mass is 281 g/mol. The lowest BCUT2D eigenvalue weighted by molar-refractivity contribution is 0.102. The maximum Gasteiger partial charge on any atom is 0.276 e. The largest absolute Gasteiger partial charge is 0.317 e. The van der Waals surface area contributed by atoms with Crippen LogP contribution in [-0.4, -0.2) is 16.1 Å². The molecule has 8 heteroatoms. The first-order chi connectivity index (χ1) is 9.11. The van der Waals surface area contributed by atoms with Crippen LogP contribution in [0.15, 0.2) is 30.3 Å². The van der Waals surface area contributed by atoms with Gasteiger partial charge in [-0.25, -0.2) is 10.2 Å². The van der Waals surface area contributed by atoms with E-state index >= 15 is 0 Å². The van der Waals surface area contributed by atoms with Crippen LogP contribution in [0, 0.1) is 5.82 Å². The number of hydrazine groups is 1. The van der Waals surface area contributed by atoms with Crippen LogP contribution < -0.4 is 16.6 Å². The summed E-state index contributed by atoms with van der Waals surface area (Å²) < 4.78 is 13.5. The molecule has 0 saturated carbocycles. The summed E-state index contributed by atoms with van der Waals surface area (Å²) in [6.07, 6.45) is 0. The fraction of sp³-hybridized carbons (Fsp3) is 0. The van der Waals surface area contributed by atoms with Crippen molar-refractivity contribution >= 4 is 29.0 Å². The Bertz CT molecular complexity index is 584. The third-order valence-corrected chi connectivity index (χ3v) is 2.56. The molecule has 0 aliphatic carbocycles. The molecule has 2 aromatic rings. The number of benzene rings is 1. The van der Waals surface area contributed by atoms with Crippen molar-refractivity contribution in [3.8, 4) is 0 Å². The van der Waals surface area contributed by atoms with Gasteiger partial charge in [-0.1, -0.05) is 17.7 Å². The van der Waals surface area contributed by atoms with Gasteiger partial charge in [-0.2, -0.15) is 0 Å². The molecule has 0 fully saturated rings. The van der Waals surface area contributed by atoms with Crippen molar-refractivity contribution in [2.24, 2.45) is 5.84 Å². The fourth-order valence-corrected chi connectivity index (χ4v) is 1.54. The predicted molar refractivity (Wildman–Crippen MR) is 69.2 cm³/mol. The average molecular weight is 282 g/mol. The van der Waals surface area contributed by atoms with E-state index in [1.54, 1.807) is 0 Å². The van der Waals surface area contributed by atoms with Crippen molar-refractivity contribution in [2.45, 2.75) is 0 Å². The first-order valence-corrected chi connectivity index (χ1v) is 5.55. The van der Waals surface area contributed by atoms with Gasteiger partial charge in [0.25, 0.3) is 5.91 Å². The van der Waals surface area contributed by atoms with E-state index in [1.165, 1.54) is 30.3 Å². The number of halogens is 2. The Kier molecular flexibility index (Phi) is 3.88. The molecule has 0 saturated heterocycles. The molecule has 19 heavy (non-hydrogen) atoms. The number of rotatable bonds is 3. The normalized spacial score (nSPS) is 10.1. The molecule has 0 aliphatic rings. The number of nitrogen functional groups attached to an aromatic ring is 1. The van der Waals surface area contributed by atoms with Crippen molar-refractivity contribution < 1.29 is 9.18 Å². The van der Waals surface area contributed by atoms with Crippen LogP contribution in [0.4, 0.5) is 15.9 Å². The maximum absolute atomic E-state index is 13.5. The number of nitrogens with zero attached hydrogens (tertiary/aromatic N) is 2. The van der Waals surface area contributed by atoms with Crippen molar-refractivity contribution in [1.29, 1.82) is 0 Å². The maximum atomic E-state index is 13.5. The molecule has 2 rings (SSSR count). The number of amides is 1. The molecular weight excluding hydrogens is 273 g/mol. The van der Waals surface area contributed by atoms with Crippen LogP contribution >= 0.6 is 11.6 Å². The summed E-state index contributed by atoms with van der Waals surface area (Å²) in [4.78, 5) is 11.8.